The zero-order valence-electron chi connectivity index (χ0n) is 20.6. The molecule has 0 bridgehead atoms. The maximum absolute atomic E-state index is 12.6. The quantitative estimate of drug-likeness (QED) is 0.287. The van der Waals surface area contributed by atoms with Gasteiger partial charge in [-0.1, -0.05) is 13.3 Å². The van der Waals surface area contributed by atoms with Crippen molar-refractivity contribution in [1.82, 2.24) is 5.32 Å². The molecule has 0 unspecified atom stereocenters. The SMILES string of the molecule is C=N/C(=C(/CCCC)SCNC(=O)Cc1cc(OC)c(OC)c(OC)c1)c1ccc(OC)cc1. The number of thioether (sulfide) groups is 1. The predicted molar refractivity (Wildman–Crippen MR) is 139 cm³/mol. The molecule has 0 saturated carbocycles. The number of aliphatic imine (C=N–C) groups is 1. The summed E-state index contributed by atoms with van der Waals surface area (Å²) in [6.07, 6.45) is 3.14. The van der Waals surface area contributed by atoms with Gasteiger partial charge in [-0.15, -0.1) is 11.8 Å². The van der Waals surface area contributed by atoms with Gasteiger partial charge in [0.2, 0.25) is 11.7 Å². The Kier molecular flexibility index (Phi) is 11.3. The van der Waals surface area contributed by atoms with E-state index in [1.807, 2.05) is 24.3 Å². The van der Waals surface area contributed by atoms with Gasteiger partial charge in [0.25, 0.3) is 0 Å². The van der Waals surface area contributed by atoms with Crippen LogP contribution in [0.25, 0.3) is 5.70 Å². The highest BCUT2D eigenvalue weighted by Crippen LogP contribution is 2.38. The van der Waals surface area contributed by atoms with Gasteiger partial charge < -0.3 is 24.3 Å². The average molecular weight is 487 g/mol. The van der Waals surface area contributed by atoms with Crippen molar-refractivity contribution in [2.24, 2.45) is 4.99 Å². The second-order valence-corrected chi connectivity index (χ2v) is 8.43. The zero-order valence-corrected chi connectivity index (χ0v) is 21.4. The van der Waals surface area contributed by atoms with Gasteiger partial charge in [-0.25, -0.2) is 0 Å². The summed E-state index contributed by atoms with van der Waals surface area (Å²) in [5.41, 5.74) is 2.57. The molecule has 8 heteroatoms. The highest BCUT2D eigenvalue weighted by molar-refractivity contribution is 8.03. The minimum absolute atomic E-state index is 0.103. The van der Waals surface area contributed by atoms with Crippen LogP contribution < -0.4 is 24.3 Å². The van der Waals surface area contributed by atoms with Crippen molar-refractivity contribution >= 4 is 30.1 Å². The van der Waals surface area contributed by atoms with Gasteiger partial charge in [-0.3, -0.25) is 9.79 Å². The van der Waals surface area contributed by atoms with Gasteiger partial charge in [0.05, 0.1) is 46.4 Å². The fraction of sp³-hybridized carbons (Fsp3) is 0.385. The summed E-state index contributed by atoms with van der Waals surface area (Å²) in [5.74, 6) is 2.65. The molecule has 1 N–H and O–H groups in total. The zero-order chi connectivity index (χ0) is 24.9. The van der Waals surface area contributed by atoms with E-state index in [0.29, 0.717) is 23.1 Å². The highest BCUT2D eigenvalue weighted by atomic mass is 32.2. The second-order valence-electron chi connectivity index (χ2n) is 7.36. The highest BCUT2D eigenvalue weighted by Gasteiger charge is 2.15. The number of nitrogens with one attached hydrogen (secondary N) is 1. The number of hydrogen-bond acceptors (Lipinski definition) is 7. The molecule has 0 aliphatic carbocycles. The molecule has 0 aliphatic rings. The molecular formula is C26H34N2O5S. The van der Waals surface area contributed by atoms with E-state index in [9.17, 15) is 4.79 Å². The van der Waals surface area contributed by atoms with Crippen molar-refractivity contribution in [1.29, 1.82) is 0 Å². The van der Waals surface area contributed by atoms with Crippen LogP contribution in [0.3, 0.4) is 0 Å². The van der Waals surface area contributed by atoms with Gasteiger partial charge in [0.1, 0.15) is 5.75 Å². The van der Waals surface area contributed by atoms with E-state index in [4.69, 9.17) is 18.9 Å². The normalized spacial score (nSPS) is 11.3. The lowest BCUT2D eigenvalue weighted by Crippen LogP contribution is -2.24. The number of allylic oxidation sites excluding steroid dienone is 1. The summed E-state index contributed by atoms with van der Waals surface area (Å²) < 4.78 is 21.3. The second kappa shape index (κ2) is 14.2. The molecule has 2 rings (SSSR count). The van der Waals surface area contributed by atoms with Gasteiger partial charge >= 0.3 is 0 Å². The van der Waals surface area contributed by atoms with Crippen molar-refractivity contribution in [2.45, 2.75) is 32.6 Å². The number of hydrogen-bond donors (Lipinski definition) is 1. The van der Waals surface area contributed by atoms with Crippen molar-refractivity contribution in [3.05, 3.63) is 52.4 Å². The Morgan fingerprint density at radius 3 is 2.15 bits per heavy atom. The lowest BCUT2D eigenvalue weighted by atomic mass is 10.1. The van der Waals surface area contributed by atoms with Crippen LogP contribution in [-0.4, -0.2) is 46.9 Å². The minimum Gasteiger partial charge on any atom is -0.497 e. The van der Waals surface area contributed by atoms with Crippen LogP contribution in [0.5, 0.6) is 23.0 Å². The van der Waals surface area contributed by atoms with E-state index < -0.39 is 0 Å². The first kappa shape index (κ1) is 27.1. The van der Waals surface area contributed by atoms with Gasteiger partial charge in [0.15, 0.2) is 11.5 Å². The number of nitrogens with zero attached hydrogens (tertiary/aromatic N) is 1. The Hall–Kier alpha value is -3.13. The summed E-state index contributed by atoms with van der Waals surface area (Å²) in [5, 5.41) is 2.99. The molecule has 2 aromatic rings. The molecule has 0 fully saturated rings. The lowest BCUT2D eigenvalue weighted by molar-refractivity contribution is -0.120. The van der Waals surface area contributed by atoms with Crippen LogP contribution in [0.15, 0.2) is 46.3 Å². The van der Waals surface area contributed by atoms with Crippen LogP contribution in [0, 0.1) is 0 Å². The number of carbonyl (C=O) groups is 1. The molecule has 184 valence electrons. The number of ether oxygens (including phenoxy) is 4. The number of amides is 1. The van der Waals surface area contributed by atoms with Crippen LogP contribution >= 0.6 is 11.8 Å². The molecule has 0 saturated heterocycles. The van der Waals surface area contributed by atoms with E-state index in [1.54, 1.807) is 52.3 Å². The van der Waals surface area contributed by atoms with Gasteiger partial charge in [0, 0.05) is 10.5 Å². The summed E-state index contributed by atoms with van der Waals surface area (Å²) in [4.78, 5) is 18.0. The Bertz CT molecular complexity index is 964. The number of carbonyl (C=O) groups excluding carboxylic acids is 1. The smallest absolute Gasteiger partial charge is 0.225 e. The molecule has 0 aromatic heterocycles. The molecule has 1 amide bonds. The van der Waals surface area contributed by atoms with E-state index >= 15 is 0 Å². The lowest BCUT2D eigenvalue weighted by Gasteiger charge is -2.15. The van der Waals surface area contributed by atoms with E-state index in [2.05, 4.69) is 24.0 Å². The molecule has 0 spiro atoms. The first-order valence-corrected chi connectivity index (χ1v) is 12.0. The molecule has 34 heavy (non-hydrogen) atoms. The van der Waals surface area contributed by atoms with E-state index in [1.165, 1.54) is 0 Å². The maximum Gasteiger partial charge on any atom is 0.225 e. The monoisotopic (exact) mass is 486 g/mol. The molecular weight excluding hydrogens is 452 g/mol. The van der Waals surface area contributed by atoms with Gasteiger partial charge in [-0.2, -0.15) is 0 Å². The number of benzene rings is 2. The third-order valence-electron chi connectivity index (χ3n) is 5.15. The van der Waals surface area contributed by atoms with Crippen LogP contribution in [0.2, 0.25) is 0 Å². The number of methoxy groups -OCH3 is 4. The third-order valence-corrected chi connectivity index (χ3v) is 6.18. The van der Waals surface area contributed by atoms with Crippen molar-refractivity contribution < 1.29 is 23.7 Å². The average Bonchev–Trinajstić information content (AvgIpc) is 2.86. The summed E-state index contributed by atoms with van der Waals surface area (Å²) in [7, 11) is 6.29. The van der Waals surface area contributed by atoms with Crippen molar-refractivity contribution in [3.8, 4) is 23.0 Å². The van der Waals surface area contributed by atoms with Crippen LogP contribution in [-0.2, 0) is 11.2 Å². The summed E-state index contributed by atoms with van der Waals surface area (Å²) in [6, 6.07) is 11.3. The molecule has 0 atom stereocenters. The molecule has 0 radical (unpaired) electrons. The molecule has 2 aromatic carbocycles. The first-order valence-electron chi connectivity index (χ1n) is 11.0. The number of rotatable bonds is 14. The Balaban J connectivity index is 2.10. The standard InChI is InChI=1S/C26H34N2O5S/c1-7-8-9-23(25(27-2)19-10-12-20(30-3)13-11-19)34-17-28-24(29)16-18-14-21(31-4)26(33-6)22(15-18)32-5/h10-15H,2,7-9,16-17H2,1,3-6H3,(H,28,29)/b25-23-. The maximum atomic E-state index is 12.6. The molecule has 0 aliphatic heterocycles. The predicted octanol–water partition coefficient (Wildman–Crippen LogP) is 5.33. The summed E-state index contributed by atoms with van der Waals surface area (Å²) in [6.45, 7) is 5.93. The first-order chi connectivity index (χ1) is 16.5. The topological polar surface area (TPSA) is 78.4 Å². The molecule has 0 heterocycles. The van der Waals surface area contributed by atoms with Crippen LogP contribution in [0.1, 0.15) is 37.3 Å². The summed E-state index contributed by atoms with van der Waals surface area (Å²) >= 11 is 1.57. The largest absolute Gasteiger partial charge is 0.497 e. The van der Waals surface area contributed by atoms with E-state index in [-0.39, 0.29) is 12.3 Å². The van der Waals surface area contributed by atoms with E-state index in [0.717, 1.165) is 46.7 Å². The van der Waals surface area contributed by atoms with Gasteiger partial charge in [-0.05, 0) is 61.5 Å². The Morgan fingerprint density at radius 1 is 1.00 bits per heavy atom. The van der Waals surface area contributed by atoms with Crippen molar-refractivity contribution in [3.63, 3.8) is 0 Å². The fourth-order valence-electron chi connectivity index (χ4n) is 3.37. The van der Waals surface area contributed by atoms with Crippen molar-refractivity contribution in [2.75, 3.05) is 34.3 Å². The Labute approximate surface area is 206 Å². The Morgan fingerprint density at radius 2 is 1.65 bits per heavy atom. The third kappa shape index (κ3) is 7.45. The van der Waals surface area contributed by atoms with Crippen LogP contribution in [0.4, 0.5) is 0 Å². The minimum atomic E-state index is -0.103. The molecule has 7 nitrogen and oxygen atoms in total. The fourth-order valence-corrected chi connectivity index (χ4v) is 4.39. The number of unbranched alkanes of at least 4 members (excludes halogenated alkanes) is 1.